The van der Waals surface area contributed by atoms with Crippen molar-refractivity contribution in [2.24, 2.45) is 11.1 Å². The van der Waals surface area contributed by atoms with Crippen LogP contribution in [0.4, 0.5) is 0 Å². The molecular formula is C11H19NO2. The number of rotatable bonds is 0. The molecule has 3 heteroatoms. The Hall–Kier alpha value is -0.380. The summed E-state index contributed by atoms with van der Waals surface area (Å²) < 4.78 is 5.50. The zero-order chi connectivity index (χ0) is 10.0. The van der Waals surface area contributed by atoms with Gasteiger partial charge in [0.15, 0.2) is 0 Å². The maximum Gasteiger partial charge on any atom is 0.0772 e. The first-order valence-electron chi connectivity index (χ1n) is 5.41. The summed E-state index contributed by atoms with van der Waals surface area (Å²) in [6.07, 6.45) is 7.73. The van der Waals surface area contributed by atoms with Crippen LogP contribution >= 0.6 is 0 Å². The number of allylic oxidation sites excluding steroid dienone is 1. The molecular weight excluding hydrogens is 178 g/mol. The van der Waals surface area contributed by atoms with Gasteiger partial charge in [-0.25, -0.2) is 0 Å². The Morgan fingerprint density at radius 2 is 2.29 bits per heavy atom. The summed E-state index contributed by atoms with van der Waals surface area (Å²) in [5.41, 5.74) is 5.80. The van der Waals surface area contributed by atoms with E-state index < -0.39 is 6.10 Å². The Labute approximate surface area is 84.9 Å². The van der Waals surface area contributed by atoms with Crippen LogP contribution in [0.15, 0.2) is 12.2 Å². The van der Waals surface area contributed by atoms with Crippen LogP contribution in [0.25, 0.3) is 0 Å². The molecule has 1 spiro atoms. The van der Waals surface area contributed by atoms with E-state index in [2.05, 4.69) is 6.08 Å². The minimum atomic E-state index is -0.404. The molecule has 1 fully saturated rings. The van der Waals surface area contributed by atoms with Gasteiger partial charge in [-0.2, -0.15) is 0 Å². The molecule has 0 aromatic heterocycles. The van der Waals surface area contributed by atoms with Crippen LogP contribution in [-0.4, -0.2) is 30.5 Å². The fraction of sp³-hybridized carbons (Fsp3) is 0.818. The third kappa shape index (κ3) is 1.72. The third-order valence-electron chi connectivity index (χ3n) is 3.54. The van der Waals surface area contributed by atoms with E-state index in [1.165, 1.54) is 0 Å². The smallest absolute Gasteiger partial charge is 0.0772 e. The first kappa shape index (κ1) is 10.1. The van der Waals surface area contributed by atoms with Crippen LogP contribution in [-0.2, 0) is 4.74 Å². The lowest BCUT2D eigenvalue weighted by molar-refractivity contribution is -0.0692. The molecule has 1 saturated carbocycles. The molecule has 0 radical (unpaired) electrons. The van der Waals surface area contributed by atoms with Gasteiger partial charge >= 0.3 is 0 Å². The standard InChI is InChI=1S/C11H19NO2/c12-9-4-3-6-11(10(9)13)5-1-2-7-14-8-11/h1-2,9-10,13H,3-8,12H2/t9-,10+,11+/m1/s1. The van der Waals surface area contributed by atoms with E-state index in [-0.39, 0.29) is 11.5 Å². The van der Waals surface area contributed by atoms with Crippen LogP contribution in [0.5, 0.6) is 0 Å². The number of aliphatic hydroxyl groups is 1. The van der Waals surface area contributed by atoms with Crippen molar-refractivity contribution in [3.8, 4) is 0 Å². The summed E-state index contributed by atoms with van der Waals surface area (Å²) >= 11 is 0. The molecule has 80 valence electrons. The summed E-state index contributed by atoms with van der Waals surface area (Å²) in [6, 6.07) is -0.0705. The molecule has 0 aromatic rings. The van der Waals surface area contributed by atoms with Crippen molar-refractivity contribution in [2.45, 2.75) is 37.8 Å². The van der Waals surface area contributed by atoms with Crippen molar-refractivity contribution in [3.63, 3.8) is 0 Å². The average Bonchev–Trinajstić information content (AvgIpc) is 2.41. The van der Waals surface area contributed by atoms with Gasteiger partial charge in [-0.3, -0.25) is 0 Å². The molecule has 0 bridgehead atoms. The summed E-state index contributed by atoms with van der Waals surface area (Å²) in [7, 11) is 0. The second-order valence-corrected chi connectivity index (χ2v) is 4.55. The zero-order valence-electron chi connectivity index (χ0n) is 8.48. The van der Waals surface area contributed by atoms with Gasteiger partial charge in [-0.05, 0) is 19.3 Å². The molecule has 14 heavy (non-hydrogen) atoms. The van der Waals surface area contributed by atoms with Crippen LogP contribution in [0.2, 0.25) is 0 Å². The van der Waals surface area contributed by atoms with Crippen molar-refractivity contribution >= 4 is 0 Å². The van der Waals surface area contributed by atoms with E-state index >= 15 is 0 Å². The Morgan fingerprint density at radius 1 is 1.43 bits per heavy atom. The molecule has 0 saturated heterocycles. The highest BCUT2D eigenvalue weighted by Crippen LogP contribution is 2.40. The monoisotopic (exact) mass is 197 g/mol. The predicted octanol–water partition coefficient (Wildman–Crippen LogP) is 0.821. The van der Waals surface area contributed by atoms with Crippen LogP contribution in [0, 0.1) is 5.41 Å². The lowest BCUT2D eigenvalue weighted by atomic mass is 9.68. The number of hydrogen-bond donors (Lipinski definition) is 2. The predicted molar refractivity (Wildman–Crippen MR) is 54.8 cm³/mol. The first-order chi connectivity index (χ1) is 6.75. The van der Waals surface area contributed by atoms with Gasteiger partial charge in [-0.15, -0.1) is 0 Å². The van der Waals surface area contributed by atoms with Crippen molar-refractivity contribution in [3.05, 3.63) is 12.2 Å². The van der Waals surface area contributed by atoms with Crippen LogP contribution < -0.4 is 5.73 Å². The molecule has 1 heterocycles. The first-order valence-corrected chi connectivity index (χ1v) is 5.41. The number of ether oxygens (including phenoxy) is 1. The van der Waals surface area contributed by atoms with Gasteiger partial charge in [0.1, 0.15) is 0 Å². The number of aliphatic hydroxyl groups excluding tert-OH is 1. The summed E-state index contributed by atoms with van der Waals surface area (Å²) in [4.78, 5) is 0. The number of nitrogens with two attached hydrogens (primary N) is 1. The molecule has 0 amide bonds. The maximum atomic E-state index is 10.1. The molecule has 3 nitrogen and oxygen atoms in total. The summed E-state index contributed by atoms with van der Waals surface area (Å²) in [5.74, 6) is 0. The highest BCUT2D eigenvalue weighted by Gasteiger charge is 2.43. The molecule has 0 aromatic carbocycles. The Morgan fingerprint density at radius 3 is 3.14 bits per heavy atom. The second kappa shape index (κ2) is 4.01. The molecule has 2 aliphatic rings. The van der Waals surface area contributed by atoms with Gasteiger partial charge in [-0.1, -0.05) is 18.6 Å². The van der Waals surface area contributed by atoms with Gasteiger partial charge in [0.05, 0.1) is 19.3 Å². The van der Waals surface area contributed by atoms with E-state index in [4.69, 9.17) is 10.5 Å². The summed E-state index contributed by atoms with van der Waals surface area (Å²) in [5, 5.41) is 10.1. The van der Waals surface area contributed by atoms with Crippen molar-refractivity contribution in [1.29, 1.82) is 0 Å². The van der Waals surface area contributed by atoms with E-state index in [0.29, 0.717) is 13.2 Å². The summed E-state index contributed by atoms with van der Waals surface area (Å²) in [6.45, 7) is 1.32. The average molecular weight is 197 g/mol. The largest absolute Gasteiger partial charge is 0.391 e. The van der Waals surface area contributed by atoms with E-state index in [0.717, 1.165) is 25.7 Å². The van der Waals surface area contributed by atoms with Gasteiger partial charge in [0.2, 0.25) is 0 Å². The minimum Gasteiger partial charge on any atom is -0.391 e. The molecule has 3 N–H and O–H groups in total. The topological polar surface area (TPSA) is 55.5 Å². The number of hydrogen-bond acceptors (Lipinski definition) is 3. The maximum absolute atomic E-state index is 10.1. The fourth-order valence-corrected chi connectivity index (χ4v) is 2.61. The van der Waals surface area contributed by atoms with E-state index in [1.54, 1.807) is 0 Å². The SMILES string of the molecule is N[C@@H]1CCC[C@]2(CC=CCOC2)[C@H]1O. The molecule has 1 aliphatic heterocycles. The Bertz CT molecular complexity index is 229. The van der Waals surface area contributed by atoms with Gasteiger partial charge < -0.3 is 15.6 Å². The fourth-order valence-electron chi connectivity index (χ4n) is 2.61. The molecule has 1 aliphatic carbocycles. The highest BCUT2D eigenvalue weighted by molar-refractivity contribution is 5.02. The minimum absolute atomic E-state index is 0.0705. The van der Waals surface area contributed by atoms with Crippen molar-refractivity contribution in [2.75, 3.05) is 13.2 Å². The molecule has 3 atom stereocenters. The van der Waals surface area contributed by atoms with Crippen molar-refractivity contribution < 1.29 is 9.84 Å². The van der Waals surface area contributed by atoms with Crippen molar-refractivity contribution in [1.82, 2.24) is 0 Å². The molecule has 2 rings (SSSR count). The van der Waals surface area contributed by atoms with Crippen LogP contribution in [0.1, 0.15) is 25.7 Å². The Balaban J connectivity index is 2.14. The Kier molecular flexibility index (Phi) is 2.91. The third-order valence-corrected chi connectivity index (χ3v) is 3.54. The normalized spacial score (nSPS) is 43.9. The quantitative estimate of drug-likeness (QED) is 0.565. The zero-order valence-corrected chi connectivity index (χ0v) is 8.48. The van der Waals surface area contributed by atoms with Gasteiger partial charge in [0.25, 0.3) is 0 Å². The second-order valence-electron chi connectivity index (χ2n) is 4.55. The van der Waals surface area contributed by atoms with E-state index in [9.17, 15) is 5.11 Å². The lowest BCUT2D eigenvalue weighted by Gasteiger charge is -2.43. The highest BCUT2D eigenvalue weighted by atomic mass is 16.5. The van der Waals surface area contributed by atoms with Crippen LogP contribution in [0.3, 0.4) is 0 Å². The van der Waals surface area contributed by atoms with Gasteiger partial charge in [0, 0.05) is 11.5 Å². The molecule has 0 unspecified atom stereocenters. The lowest BCUT2D eigenvalue weighted by Crippen LogP contribution is -2.52. The van der Waals surface area contributed by atoms with E-state index in [1.807, 2.05) is 6.08 Å².